The molecule has 3 heterocycles. The standard InChI is InChI=1S/C12H16N4O/c1-15-7-5-9(8-15)11-13-12-10(17-2)4-3-6-16(12)14-11/h3-4,6,9H,5,7-8H2,1-2H3. The van der Waals surface area contributed by atoms with Gasteiger partial charge in [0.15, 0.2) is 17.2 Å². The maximum atomic E-state index is 5.29. The fourth-order valence-corrected chi connectivity index (χ4v) is 2.38. The third kappa shape index (κ3) is 1.76. The summed E-state index contributed by atoms with van der Waals surface area (Å²) >= 11 is 0. The smallest absolute Gasteiger partial charge is 0.198 e. The van der Waals surface area contributed by atoms with Gasteiger partial charge in [-0.25, -0.2) is 9.50 Å². The van der Waals surface area contributed by atoms with Gasteiger partial charge < -0.3 is 9.64 Å². The van der Waals surface area contributed by atoms with Crippen LogP contribution >= 0.6 is 0 Å². The van der Waals surface area contributed by atoms with Crippen molar-refractivity contribution in [3.05, 3.63) is 24.2 Å². The van der Waals surface area contributed by atoms with E-state index in [2.05, 4.69) is 22.0 Å². The SMILES string of the molecule is COc1cccn2nc(C3CCN(C)C3)nc12. The minimum absolute atomic E-state index is 0.449. The Morgan fingerprint density at radius 3 is 3.06 bits per heavy atom. The first-order chi connectivity index (χ1) is 8.28. The highest BCUT2D eigenvalue weighted by atomic mass is 16.5. The zero-order valence-electron chi connectivity index (χ0n) is 10.1. The number of nitrogens with zero attached hydrogens (tertiary/aromatic N) is 4. The highest BCUT2D eigenvalue weighted by molar-refractivity contribution is 5.52. The fourth-order valence-electron chi connectivity index (χ4n) is 2.38. The van der Waals surface area contributed by atoms with Crippen molar-refractivity contribution in [3.63, 3.8) is 0 Å². The van der Waals surface area contributed by atoms with Gasteiger partial charge in [0.2, 0.25) is 0 Å². The maximum Gasteiger partial charge on any atom is 0.198 e. The Bertz CT molecular complexity index is 536. The Morgan fingerprint density at radius 2 is 2.35 bits per heavy atom. The molecule has 3 rings (SSSR count). The van der Waals surface area contributed by atoms with Crippen molar-refractivity contribution in [2.45, 2.75) is 12.3 Å². The Labute approximate surface area is 100 Å². The topological polar surface area (TPSA) is 42.7 Å². The van der Waals surface area contributed by atoms with Crippen LogP contribution in [0, 0.1) is 0 Å². The zero-order valence-corrected chi connectivity index (χ0v) is 10.1. The van der Waals surface area contributed by atoms with Crippen LogP contribution < -0.4 is 4.74 Å². The predicted octanol–water partition coefficient (Wildman–Crippen LogP) is 1.16. The van der Waals surface area contributed by atoms with Crippen LogP contribution in [-0.4, -0.2) is 46.7 Å². The largest absolute Gasteiger partial charge is 0.493 e. The monoisotopic (exact) mass is 232 g/mol. The lowest BCUT2D eigenvalue weighted by atomic mass is 10.1. The predicted molar refractivity (Wildman–Crippen MR) is 64.4 cm³/mol. The molecule has 1 atom stereocenters. The molecule has 0 bridgehead atoms. The van der Waals surface area contributed by atoms with Crippen LogP contribution in [0.3, 0.4) is 0 Å². The minimum Gasteiger partial charge on any atom is -0.493 e. The van der Waals surface area contributed by atoms with Crippen LogP contribution in [0.4, 0.5) is 0 Å². The molecule has 5 nitrogen and oxygen atoms in total. The highest BCUT2D eigenvalue weighted by Crippen LogP contribution is 2.25. The first-order valence-electron chi connectivity index (χ1n) is 5.86. The molecule has 0 aromatic carbocycles. The van der Waals surface area contributed by atoms with Gasteiger partial charge in [0.05, 0.1) is 7.11 Å². The number of likely N-dealkylation sites (tertiary alicyclic amines) is 1. The molecule has 90 valence electrons. The number of rotatable bonds is 2. The molecular formula is C12H16N4O. The van der Waals surface area contributed by atoms with Gasteiger partial charge in [-0.3, -0.25) is 0 Å². The van der Waals surface area contributed by atoms with E-state index >= 15 is 0 Å². The van der Waals surface area contributed by atoms with Crippen molar-refractivity contribution in [2.24, 2.45) is 0 Å². The van der Waals surface area contributed by atoms with Crippen LogP contribution in [0.2, 0.25) is 0 Å². The number of pyridine rings is 1. The van der Waals surface area contributed by atoms with Crippen LogP contribution in [0.15, 0.2) is 18.3 Å². The van der Waals surface area contributed by atoms with Crippen molar-refractivity contribution < 1.29 is 4.74 Å². The Hall–Kier alpha value is -1.62. The lowest BCUT2D eigenvalue weighted by Gasteiger charge is -2.05. The maximum absolute atomic E-state index is 5.29. The molecule has 0 N–H and O–H groups in total. The number of fused-ring (bicyclic) bond motifs is 1. The first kappa shape index (κ1) is 10.5. The molecule has 0 radical (unpaired) electrons. The van der Waals surface area contributed by atoms with Gasteiger partial charge in [-0.05, 0) is 32.1 Å². The fraction of sp³-hybridized carbons (Fsp3) is 0.500. The summed E-state index contributed by atoms with van der Waals surface area (Å²) in [5.74, 6) is 2.15. The lowest BCUT2D eigenvalue weighted by molar-refractivity contribution is 0.409. The quantitative estimate of drug-likeness (QED) is 0.779. The number of aromatic nitrogens is 3. The van der Waals surface area contributed by atoms with Crippen LogP contribution in [-0.2, 0) is 0 Å². The molecule has 1 saturated heterocycles. The summed E-state index contributed by atoms with van der Waals surface area (Å²) in [5.41, 5.74) is 0.805. The summed E-state index contributed by atoms with van der Waals surface area (Å²) in [6.45, 7) is 2.16. The van der Waals surface area contributed by atoms with Crippen LogP contribution in [0.25, 0.3) is 5.65 Å². The van der Waals surface area contributed by atoms with E-state index in [1.165, 1.54) is 0 Å². The number of likely N-dealkylation sites (N-methyl/N-ethyl adjacent to an activating group) is 1. The molecule has 0 saturated carbocycles. The lowest BCUT2D eigenvalue weighted by Crippen LogP contribution is -2.13. The van der Waals surface area contributed by atoms with E-state index in [0.717, 1.165) is 36.7 Å². The van der Waals surface area contributed by atoms with Gasteiger partial charge >= 0.3 is 0 Å². The van der Waals surface area contributed by atoms with Crippen LogP contribution in [0.1, 0.15) is 18.2 Å². The van der Waals surface area contributed by atoms with E-state index in [1.807, 2.05) is 18.3 Å². The van der Waals surface area contributed by atoms with Crippen molar-refractivity contribution in [2.75, 3.05) is 27.2 Å². The van der Waals surface area contributed by atoms with Crippen molar-refractivity contribution >= 4 is 5.65 Å². The van der Waals surface area contributed by atoms with E-state index in [0.29, 0.717) is 5.92 Å². The molecule has 1 fully saturated rings. The van der Waals surface area contributed by atoms with E-state index in [-0.39, 0.29) is 0 Å². The summed E-state index contributed by atoms with van der Waals surface area (Å²) in [5, 5.41) is 4.54. The second-order valence-electron chi connectivity index (χ2n) is 4.56. The van der Waals surface area contributed by atoms with Gasteiger partial charge in [-0.15, -0.1) is 0 Å². The third-order valence-corrected chi connectivity index (χ3v) is 3.32. The minimum atomic E-state index is 0.449. The van der Waals surface area contributed by atoms with E-state index in [1.54, 1.807) is 11.6 Å². The molecular weight excluding hydrogens is 216 g/mol. The molecule has 2 aromatic rings. The van der Waals surface area contributed by atoms with Crippen molar-refractivity contribution in [1.29, 1.82) is 0 Å². The molecule has 5 heteroatoms. The van der Waals surface area contributed by atoms with Gasteiger partial charge in [0.25, 0.3) is 0 Å². The van der Waals surface area contributed by atoms with E-state index in [9.17, 15) is 0 Å². The number of hydrogen-bond donors (Lipinski definition) is 0. The molecule has 1 unspecified atom stereocenters. The Kier molecular flexibility index (Phi) is 2.48. The molecule has 1 aliphatic rings. The Balaban J connectivity index is 2.01. The number of hydrogen-bond acceptors (Lipinski definition) is 4. The third-order valence-electron chi connectivity index (χ3n) is 3.32. The molecule has 17 heavy (non-hydrogen) atoms. The highest BCUT2D eigenvalue weighted by Gasteiger charge is 2.25. The summed E-state index contributed by atoms with van der Waals surface area (Å²) < 4.78 is 7.09. The van der Waals surface area contributed by atoms with E-state index in [4.69, 9.17) is 4.74 Å². The molecule has 0 aliphatic carbocycles. The van der Waals surface area contributed by atoms with Crippen molar-refractivity contribution in [1.82, 2.24) is 19.5 Å². The molecule has 0 spiro atoms. The average molecular weight is 232 g/mol. The number of methoxy groups -OCH3 is 1. The second-order valence-corrected chi connectivity index (χ2v) is 4.56. The van der Waals surface area contributed by atoms with Crippen molar-refractivity contribution in [3.8, 4) is 5.75 Å². The van der Waals surface area contributed by atoms with Gasteiger partial charge in [-0.2, -0.15) is 5.10 Å². The summed E-state index contributed by atoms with van der Waals surface area (Å²) in [6, 6.07) is 3.83. The van der Waals surface area contributed by atoms with Gasteiger partial charge in [0, 0.05) is 18.7 Å². The normalized spacial score (nSPS) is 21.2. The Morgan fingerprint density at radius 1 is 1.47 bits per heavy atom. The molecule has 1 aliphatic heterocycles. The molecule has 0 amide bonds. The van der Waals surface area contributed by atoms with Gasteiger partial charge in [0.1, 0.15) is 0 Å². The summed E-state index contributed by atoms with van der Waals surface area (Å²) in [6.07, 6.45) is 3.04. The zero-order chi connectivity index (χ0) is 11.8. The molecule has 2 aromatic heterocycles. The average Bonchev–Trinajstić information content (AvgIpc) is 2.93. The van der Waals surface area contributed by atoms with E-state index < -0.39 is 0 Å². The number of ether oxygens (including phenoxy) is 1. The second kappa shape index (κ2) is 4.00. The first-order valence-corrected chi connectivity index (χ1v) is 5.86. The summed E-state index contributed by atoms with van der Waals surface area (Å²) in [7, 11) is 3.80. The summed E-state index contributed by atoms with van der Waals surface area (Å²) in [4.78, 5) is 6.91. The van der Waals surface area contributed by atoms with Crippen LogP contribution in [0.5, 0.6) is 5.75 Å². The van der Waals surface area contributed by atoms with Gasteiger partial charge in [-0.1, -0.05) is 0 Å².